The highest BCUT2D eigenvalue weighted by Crippen LogP contribution is 2.34. The minimum Gasteiger partial charge on any atom is -0.482 e. The number of amides is 1. The third kappa shape index (κ3) is 11.6. The molecule has 53 heavy (non-hydrogen) atoms. The maximum absolute atomic E-state index is 12.5. The van der Waals surface area contributed by atoms with E-state index in [-0.39, 0.29) is 12.3 Å². The molecular formula is C42H48N4O7. The van der Waals surface area contributed by atoms with Crippen molar-refractivity contribution < 1.29 is 34.2 Å². The van der Waals surface area contributed by atoms with Crippen molar-refractivity contribution in [2.75, 3.05) is 13.2 Å². The first-order valence-corrected chi connectivity index (χ1v) is 18.5. The summed E-state index contributed by atoms with van der Waals surface area (Å²) < 4.78 is 5.32. The van der Waals surface area contributed by atoms with Crippen LogP contribution in [-0.2, 0) is 19.2 Å². The van der Waals surface area contributed by atoms with Gasteiger partial charge in [-0.05, 0) is 47.9 Å². The fourth-order valence-corrected chi connectivity index (χ4v) is 6.10. The van der Waals surface area contributed by atoms with Gasteiger partial charge in [-0.15, -0.1) is 0 Å². The highest BCUT2D eigenvalue weighted by molar-refractivity contribution is 6.03. The van der Waals surface area contributed by atoms with Crippen molar-refractivity contribution in [1.29, 1.82) is 0 Å². The molecule has 0 saturated carbocycles. The maximum atomic E-state index is 12.5. The lowest BCUT2D eigenvalue weighted by Crippen LogP contribution is -2.21. The number of ether oxygens (including phenoxy) is 1. The zero-order valence-electron chi connectivity index (χ0n) is 30.2. The number of carbonyl (C=O) groups excluding carboxylic acids is 1. The number of carboxylic acids is 2. The summed E-state index contributed by atoms with van der Waals surface area (Å²) in [6.45, 7) is 2.48. The Morgan fingerprint density at radius 2 is 1.42 bits per heavy atom. The van der Waals surface area contributed by atoms with Crippen molar-refractivity contribution in [3.8, 4) is 39.7 Å². The maximum Gasteiger partial charge on any atom is 0.348 e. The van der Waals surface area contributed by atoms with E-state index in [0.717, 1.165) is 46.4 Å². The minimum atomic E-state index is -1.06. The molecule has 0 radical (unpaired) electrons. The third-order valence-electron chi connectivity index (χ3n) is 9.09. The Kier molecular flexibility index (Phi) is 14.4. The molecule has 0 aliphatic carbocycles. The average Bonchev–Trinajstić information content (AvgIpc) is 3.85. The van der Waals surface area contributed by atoms with Crippen molar-refractivity contribution in [2.24, 2.45) is 5.16 Å². The van der Waals surface area contributed by atoms with Crippen LogP contribution >= 0.6 is 0 Å². The van der Waals surface area contributed by atoms with Gasteiger partial charge in [0.15, 0.2) is 6.61 Å². The molecule has 1 aromatic heterocycles. The zero-order valence-corrected chi connectivity index (χ0v) is 30.2. The highest BCUT2D eigenvalue weighted by Gasteiger charge is 2.28. The van der Waals surface area contributed by atoms with E-state index in [1.54, 1.807) is 24.3 Å². The minimum absolute atomic E-state index is 0.110. The zero-order chi connectivity index (χ0) is 37.4. The van der Waals surface area contributed by atoms with Crippen LogP contribution in [-0.4, -0.2) is 63.0 Å². The van der Waals surface area contributed by atoms with Crippen molar-refractivity contribution in [3.63, 3.8) is 0 Å². The van der Waals surface area contributed by atoms with Gasteiger partial charge < -0.3 is 30.1 Å². The molecule has 11 nitrogen and oxygen atoms in total. The van der Waals surface area contributed by atoms with Gasteiger partial charge in [0.2, 0.25) is 12.0 Å². The lowest BCUT2D eigenvalue weighted by Gasteiger charge is -2.06. The molecule has 0 spiro atoms. The van der Waals surface area contributed by atoms with E-state index < -0.39 is 24.6 Å². The summed E-state index contributed by atoms with van der Waals surface area (Å²) in [5.41, 5.74) is 6.13. The van der Waals surface area contributed by atoms with Crippen LogP contribution in [0.15, 0.2) is 84.0 Å². The summed E-state index contributed by atoms with van der Waals surface area (Å²) in [4.78, 5) is 48.1. The fraction of sp³-hybridized carbons (Fsp3) is 0.357. The molecule has 0 saturated heterocycles. The number of nitrogens with zero attached hydrogens (tertiary/aromatic N) is 2. The highest BCUT2D eigenvalue weighted by atomic mass is 16.7. The molecular weight excluding hydrogens is 672 g/mol. The van der Waals surface area contributed by atoms with E-state index in [2.05, 4.69) is 22.4 Å². The number of unbranched alkanes of at least 4 members (excludes halogenated alkanes) is 9. The number of rotatable bonds is 21. The molecule has 1 unspecified atom stereocenters. The molecule has 1 aliphatic heterocycles. The van der Waals surface area contributed by atoms with Gasteiger partial charge in [0.05, 0.1) is 17.1 Å². The van der Waals surface area contributed by atoms with Crippen LogP contribution < -0.4 is 10.1 Å². The predicted molar refractivity (Wildman–Crippen MR) is 206 cm³/mol. The number of H-pyrrole nitrogens is 1. The van der Waals surface area contributed by atoms with E-state index in [1.807, 2.05) is 60.7 Å². The topological polar surface area (TPSA) is 163 Å². The third-order valence-corrected chi connectivity index (χ3v) is 9.09. The van der Waals surface area contributed by atoms with Gasteiger partial charge in [-0.25, -0.2) is 14.6 Å². The first-order chi connectivity index (χ1) is 25.8. The molecule has 1 amide bonds. The normalized spacial score (nSPS) is 13.8. The monoisotopic (exact) mass is 720 g/mol. The molecule has 0 fully saturated rings. The molecule has 3 aromatic carbocycles. The number of hydrogen-bond donors (Lipinski definition) is 4. The van der Waals surface area contributed by atoms with Gasteiger partial charge in [-0.3, -0.25) is 4.79 Å². The number of oxime groups is 1. The van der Waals surface area contributed by atoms with E-state index in [4.69, 9.17) is 19.7 Å². The second kappa shape index (κ2) is 19.8. The molecule has 11 heteroatoms. The van der Waals surface area contributed by atoms with E-state index in [0.29, 0.717) is 29.5 Å². The second-order valence-corrected chi connectivity index (χ2v) is 13.2. The summed E-state index contributed by atoms with van der Waals surface area (Å²) in [6, 6.07) is 22.4. The number of aromatic nitrogens is 2. The SMILES string of the molecule is CCCCCCCCCCCCNC(=O)/C=C/c1ccc(-c2[nH]c(-c3ccc(C4=NOC(C(=O)O)C4)cc3)nc2-c2ccc(OCC(=O)O)cc2)cc1. The summed E-state index contributed by atoms with van der Waals surface area (Å²) in [5.74, 6) is -1.18. The molecule has 4 N–H and O–H groups in total. The van der Waals surface area contributed by atoms with Crippen LogP contribution in [0.2, 0.25) is 0 Å². The van der Waals surface area contributed by atoms with Gasteiger partial charge in [-0.2, -0.15) is 0 Å². The van der Waals surface area contributed by atoms with E-state index >= 15 is 0 Å². The molecule has 0 bridgehead atoms. The molecule has 1 aliphatic rings. The Labute approximate surface area is 310 Å². The Hall–Kier alpha value is -5.71. The van der Waals surface area contributed by atoms with E-state index in [9.17, 15) is 19.5 Å². The standard InChI is InChI=1S/C42H48N4O7/c1-2-3-4-5-6-7-8-9-10-11-26-43-37(47)25-14-29-12-15-31(16-13-29)39-40(32-21-23-34(24-22-32)52-28-38(48)49)45-41(44-39)33-19-17-30(18-20-33)35-27-36(42(50)51)53-46-35/h12-25,36H,2-11,26-28H2,1H3,(H,43,47)(H,44,45)(H,48,49)(H,50,51)/b25-14+. The number of aromatic amines is 1. The Morgan fingerprint density at radius 3 is 2.04 bits per heavy atom. The number of imidazole rings is 1. The largest absolute Gasteiger partial charge is 0.482 e. The predicted octanol–water partition coefficient (Wildman–Crippen LogP) is 8.50. The second-order valence-electron chi connectivity index (χ2n) is 13.2. The number of hydrogen-bond acceptors (Lipinski definition) is 7. The van der Waals surface area contributed by atoms with Gasteiger partial charge >= 0.3 is 11.9 Å². The van der Waals surface area contributed by atoms with Crippen molar-refractivity contribution >= 4 is 29.6 Å². The van der Waals surface area contributed by atoms with Crippen LogP contribution in [0.3, 0.4) is 0 Å². The molecule has 2 heterocycles. The Morgan fingerprint density at radius 1 is 0.811 bits per heavy atom. The van der Waals surface area contributed by atoms with E-state index in [1.165, 1.54) is 51.4 Å². The number of carboxylic acid groups (broad SMARTS) is 2. The molecule has 5 rings (SSSR count). The first-order valence-electron chi connectivity index (χ1n) is 18.5. The van der Waals surface area contributed by atoms with Crippen LogP contribution in [0.4, 0.5) is 0 Å². The van der Waals surface area contributed by atoms with Gasteiger partial charge in [0, 0.05) is 35.7 Å². The fourth-order valence-electron chi connectivity index (χ4n) is 6.10. The molecule has 1 atom stereocenters. The van der Waals surface area contributed by atoms with Crippen LogP contribution in [0, 0.1) is 0 Å². The quantitative estimate of drug-likeness (QED) is 0.0492. The summed E-state index contributed by atoms with van der Waals surface area (Å²) in [6.07, 6.45) is 15.1. The number of nitrogens with one attached hydrogen (secondary N) is 2. The summed E-state index contributed by atoms with van der Waals surface area (Å²) in [5, 5.41) is 25.1. The Bertz CT molecular complexity index is 1860. The Balaban J connectivity index is 1.23. The van der Waals surface area contributed by atoms with Crippen molar-refractivity contribution in [1.82, 2.24) is 15.3 Å². The summed E-state index contributed by atoms with van der Waals surface area (Å²) >= 11 is 0. The van der Waals surface area contributed by atoms with Gasteiger partial charge in [0.1, 0.15) is 11.6 Å². The molecule has 278 valence electrons. The smallest absolute Gasteiger partial charge is 0.348 e. The number of carbonyl (C=O) groups is 3. The van der Waals surface area contributed by atoms with Crippen LogP contribution in [0.25, 0.3) is 40.0 Å². The number of benzene rings is 3. The lowest BCUT2D eigenvalue weighted by atomic mass is 10.0. The first kappa shape index (κ1) is 38.5. The van der Waals surface area contributed by atoms with Gasteiger partial charge in [0.25, 0.3) is 0 Å². The molecule has 4 aromatic rings. The van der Waals surface area contributed by atoms with Gasteiger partial charge in [-0.1, -0.05) is 118 Å². The average molecular weight is 721 g/mol. The number of aliphatic carboxylic acids is 2. The van der Waals surface area contributed by atoms with Crippen molar-refractivity contribution in [3.05, 3.63) is 90.0 Å². The van der Waals surface area contributed by atoms with Crippen molar-refractivity contribution in [2.45, 2.75) is 83.7 Å². The lowest BCUT2D eigenvalue weighted by molar-refractivity contribution is -0.148. The van der Waals surface area contributed by atoms with Crippen LogP contribution in [0.1, 0.15) is 88.7 Å². The van der Waals surface area contributed by atoms with Crippen LogP contribution in [0.5, 0.6) is 5.75 Å². The summed E-state index contributed by atoms with van der Waals surface area (Å²) in [7, 11) is 0.